The SMILES string of the molecule is NC1(C(=O)Nc2nc3c(s2)CCCCC3)CCCC1. The molecule has 0 bridgehead atoms. The second-order valence-corrected chi connectivity index (χ2v) is 6.85. The molecule has 0 unspecified atom stereocenters. The lowest BCUT2D eigenvalue weighted by atomic mass is 9.98. The Bertz CT molecular complexity index is 454. The first kappa shape index (κ1) is 13.1. The lowest BCUT2D eigenvalue weighted by Crippen LogP contribution is -2.48. The van der Waals surface area contributed by atoms with Crippen molar-refractivity contribution in [3.8, 4) is 0 Å². The first-order valence-electron chi connectivity index (χ1n) is 7.26. The van der Waals surface area contributed by atoms with Crippen LogP contribution in [0.2, 0.25) is 0 Å². The summed E-state index contributed by atoms with van der Waals surface area (Å²) in [5.74, 6) is -0.0473. The van der Waals surface area contributed by atoms with Crippen molar-refractivity contribution in [1.29, 1.82) is 0 Å². The van der Waals surface area contributed by atoms with E-state index >= 15 is 0 Å². The maximum Gasteiger partial charge on any atom is 0.246 e. The van der Waals surface area contributed by atoms with Crippen LogP contribution in [0.1, 0.15) is 55.5 Å². The molecule has 3 rings (SSSR count). The van der Waals surface area contributed by atoms with Gasteiger partial charge < -0.3 is 11.1 Å². The fourth-order valence-corrected chi connectivity index (χ4v) is 4.08. The van der Waals surface area contributed by atoms with Crippen LogP contribution >= 0.6 is 11.3 Å². The van der Waals surface area contributed by atoms with E-state index in [4.69, 9.17) is 5.73 Å². The molecule has 0 aromatic carbocycles. The van der Waals surface area contributed by atoms with Gasteiger partial charge in [0, 0.05) is 4.88 Å². The summed E-state index contributed by atoms with van der Waals surface area (Å²) in [5.41, 5.74) is 6.69. The van der Waals surface area contributed by atoms with E-state index in [-0.39, 0.29) is 5.91 Å². The average molecular weight is 279 g/mol. The Morgan fingerprint density at radius 3 is 2.68 bits per heavy atom. The molecule has 2 aliphatic rings. The molecule has 1 aromatic rings. The molecule has 0 radical (unpaired) electrons. The van der Waals surface area contributed by atoms with Crippen LogP contribution in [0.5, 0.6) is 0 Å². The van der Waals surface area contributed by atoms with Gasteiger partial charge in [0.1, 0.15) is 0 Å². The quantitative estimate of drug-likeness (QED) is 0.818. The van der Waals surface area contributed by atoms with Crippen LogP contribution in [0.3, 0.4) is 0 Å². The lowest BCUT2D eigenvalue weighted by molar-refractivity contribution is -0.121. The summed E-state index contributed by atoms with van der Waals surface area (Å²) in [5, 5.41) is 3.69. The van der Waals surface area contributed by atoms with Gasteiger partial charge in [-0.05, 0) is 38.5 Å². The molecule has 19 heavy (non-hydrogen) atoms. The second-order valence-electron chi connectivity index (χ2n) is 5.77. The minimum atomic E-state index is -0.664. The maximum absolute atomic E-state index is 12.2. The number of nitrogens with one attached hydrogen (secondary N) is 1. The van der Waals surface area contributed by atoms with E-state index < -0.39 is 5.54 Å². The van der Waals surface area contributed by atoms with E-state index in [1.807, 2.05) is 0 Å². The van der Waals surface area contributed by atoms with Crippen molar-refractivity contribution in [2.75, 3.05) is 5.32 Å². The highest BCUT2D eigenvalue weighted by atomic mass is 32.1. The van der Waals surface area contributed by atoms with Gasteiger partial charge in [0.15, 0.2) is 5.13 Å². The zero-order valence-corrected chi connectivity index (χ0v) is 12.0. The summed E-state index contributed by atoms with van der Waals surface area (Å²) in [4.78, 5) is 18.2. The number of hydrogen-bond acceptors (Lipinski definition) is 4. The lowest BCUT2D eigenvalue weighted by Gasteiger charge is -2.21. The molecule has 3 N–H and O–H groups in total. The molecule has 5 heteroatoms. The molecule has 0 aliphatic heterocycles. The van der Waals surface area contributed by atoms with Gasteiger partial charge in [0.25, 0.3) is 0 Å². The predicted octanol–water partition coefficient (Wildman–Crippen LogP) is 2.62. The highest BCUT2D eigenvalue weighted by Gasteiger charge is 2.37. The van der Waals surface area contributed by atoms with Gasteiger partial charge in [0.05, 0.1) is 11.2 Å². The number of hydrogen-bond donors (Lipinski definition) is 2. The molecule has 0 spiro atoms. The highest BCUT2D eigenvalue weighted by molar-refractivity contribution is 7.15. The third kappa shape index (κ3) is 2.67. The molecule has 1 saturated carbocycles. The number of nitrogens with two attached hydrogens (primary N) is 1. The molecule has 1 aromatic heterocycles. The highest BCUT2D eigenvalue weighted by Crippen LogP contribution is 2.32. The Morgan fingerprint density at radius 2 is 1.89 bits per heavy atom. The third-order valence-corrected chi connectivity index (χ3v) is 5.34. The van der Waals surface area contributed by atoms with Crippen LogP contribution < -0.4 is 11.1 Å². The molecule has 1 heterocycles. The Labute approximate surface area is 117 Å². The predicted molar refractivity (Wildman–Crippen MR) is 77.4 cm³/mol. The van der Waals surface area contributed by atoms with Crippen molar-refractivity contribution in [1.82, 2.24) is 4.98 Å². The van der Waals surface area contributed by atoms with Crippen LogP contribution in [0.4, 0.5) is 5.13 Å². The number of amides is 1. The number of thiazole rings is 1. The number of anilines is 1. The van der Waals surface area contributed by atoms with E-state index in [9.17, 15) is 4.79 Å². The molecule has 0 atom stereocenters. The fraction of sp³-hybridized carbons (Fsp3) is 0.714. The maximum atomic E-state index is 12.2. The largest absolute Gasteiger partial charge is 0.317 e. The second kappa shape index (κ2) is 5.21. The normalized spacial score (nSPS) is 21.7. The van der Waals surface area contributed by atoms with E-state index in [1.54, 1.807) is 11.3 Å². The van der Waals surface area contributed by atoms with E-state index in [0.29, 0.717) is 0 Å². The van der Waals surface area contributed by atoms with Crippen molar-refractivity contribution in [2.45, 2.75) is 63.3 Å². The Kier molecular flexibility index (Phi) is 3.58. The number of carbonyl (C=O) groups is 1. The summed E-state index contributed by atoms with van der Waals surface area (Å²) in [7, 11) is 0. The number of rotatable bonds is 2. The van der Waals surface area contributed by atoms with Gasteiger partial charge in [-0.1, -0.05) is 19.3 Å². The van der Waals surface area contributed by atoms with Gasteiger partial charge in [-0.3, -0.25) is 4.79 Å². The molecular formula is C14H21N3OS. The summed E-state index contributed by atoms with van der Waals surface area (Å²) in [6, 6.07) is 0. The van der Waals surface area contributed by atoms with Crippen LogP contribution in [0.15, 0.2) is 0 Å². The molecule has 1 fully saturated rings. The smallest absolute Gasteiger partial charge is 0.246 e. The van der Waals surface area contributed by atoms with Gasteiger partial charge in [-0.15, -0.1) is 11.3 Å². The van der Waals surface area contributed by atoms with Crippen LogP contribution in [0, 0.1) is 0 Å². The van der Waals surface area contributed by atoms with Gasteiger partial charge in [0.2, 0.25) is 5.91 Å². The summed E-state index contributed by atoms with van der Waals surface area (Å²) in [6.07, 6.45) is 9.60. The van der Waals surface area contributed by atoms with Crippen LogP contribution in [-0.2, 0) is 17.6 Å². The third-order valence-electron chi connectivity index (χ3n) is 4.26. The van der Waals surface area contributed by atoms with Crippen LogP contribution in [0.25, 0.3) is 0 Å². The van der Waals surface area contributed by atoms with Crippen molar-refractivity contribution >= 4 is 22.4 Å². The number of nitrogens with zero attached hydrogens (tertiary/aromatic N) is 1. The van der Waals surface area contributed by atoms with Crippen molar-refractivity contribution in [3.63, 3.8) is 0 Å². The Balaban J connectivity index is 1.71. The zero-order valence-electron chi connectivity index (χ0n) is 11.2. The van der Waals surface area contributed by atoms with Crippen molar-refractivity contribution in [3.05, 3.63) is 10.6 Å². The first-order valence-corrected chi connectivity index (χ1v) is 8.08. The zero-order chi connectivity index (χ0) is 13.3. The van der Waals surface area contributed by atoms with Gasteiger partial charge in [-0.2, -0.15) is 0 Å². The number of aromatic nitrogens is 1. The summed E-state index contributed by atoms with van der Waals surface area (Å²) < 4.78 is 0. The Hall–Kier alpha value is -0.940. The fourth-order valence-electron chi connectivity index (χ4n) is 3.04. The van der Waals surface area contributed by atoms with Crippen LogP contribution in [-0.4, -0.2) is 16.4 Å². The molecule has 1 amide bonds. The number of fused-ring (bicyclic) bond motifs is 1. The Morgan fingerprint density at radius 1 is 1.16 bits per heavy atom. The molecular weight excluding hydrogens is 258 g/mol. The van der Waals surface area contributed by atoms with E-state index in [1.165, 1.54) is 29.8 Å². The van der Waals surface area contributed by atoms with Crippen molar-refractivity contribution < 1.29 is 4.79 Å². The van der Waals surface area contributed by atoms with Gasteiger partial charge >= 0.3 is 0 Å². The average Bonchev–Trinajstić information content (AvgIpc) is 2.92. The summed E-state index contributed by atoms with van der Waals surface area (Å²) in [6.45, 7) is 0. The number of aryl methyl sites for hydroxylation is 2. The first-order chi connectivity index (χ1) is 9.17. The number of carbonyl (C=O) groups excluding carboxylic acids is 1. The van der Waals surface area contributed by atoms with E-state index in [0.717, 1.165) is 43.7 Å². The minimum absolute atomic E-state index is 0.0473. The minimum Gasteiger partial charge on any atom is -0.317 e. The topological polar surface area (TPSA) is 68.0 Å². The molecule has 0 saturated heterocycles. The molecule has 104 valence electrons. The van der Waals surface area contributed by atoms with E-state index in [2.05, 4.69) is 10.3 Å². The van der Waals surface area contributed by atoms with Gasteiger partial charge in [-0.25, -0.2) is 4.98 Å². The standard InChI is InChI=1S/C14H21N3OS/c15-14(8-4-5-9-14)12(18)17-13-16-10-6-2-1-3-7-11(10)19-13/h1-9,15H2,(H,16,17,18). The molecule has 2 aliphatic carbocycles. The molecule has 4 nitrogen and oxygen atoms in total. The summed E-state index contributed by atoms with van der Waals surface area (Å²) >= 11 is 1.64. The van der Waals surface area contributed by atoms with Crippen molar-refractivity contribution in [2.24, 2.45) is 5.73 Å². The monoisotopic (exact) mass is 279 g/mol.